The van der Waals surface area contributed by atoms with Crippen LogP contribution in [0.15, 0.2) is 30.3 Å². The molecule has 2 heterocycles. The van der Waals surface area contributed by atoms with E-state index in [2.05, 4.69) is 28.3 Å². The molecule has 3 rings (SSSR count). The molecule has 1 fully saturated rings. The number of hydrogen-bond acceptors (Lipinski definition) is 5. The maximum Gasteiger partial charge on any atom is 0.147 e. The molecule has 0 radical (unpaired) electrons. The zero-order valence-corrected chi connectivity index (χ0v) is 12.5. The molecule has 0 amide bonds. The van der Waals surface area contributed by atoms with E-state index >= 15 is 0 Å². The van der Waals surface area contributed by atoms with Gasteiger partial charge in [-0.25, -0.2) is 0 Å². The molecule has 2 aromatic rings. The van der Waals surface area contributed by atoms with E-state index in [0.29, 0.717) is 11.9 Å². The predicted octanol–water partition coefficient (Wildman–Crippen LogP) is 3.33. The summed E-state index contributed by atoms with van der Waals surface area (Å²) in [5.41, 5.74) is 8.36. The van der Waals surface area contributed by atoms with Crippen LogP contribution in [0.5, 0.6) is 0 Å². The van der Waals surface area contributed by atoms with Gasteiger partial charge in [0.25, 0.3) is 0 Å². The van der Waals surface area contributed by atoms with Crippen LogP contribution in [0.25, 0.3) is 11.1 Å². The molecule has 1 aliphatic rings. The summed E-state index contributed by atoms with van der Waals surface area (Å²) in [6, 6.07) is 10.9. The number of anilines is 2. The third-order valence-electron chi connectivity index (χ3n) is 3.39. The van der Waals surface area contributed by atoms with E-state index in [4.69, 9.17) is 5.73 Å². The lowest BCUT2D eigenvalue weighted by Gasteiger charge is -2.34. The lowest BCUT2D eigenvalue weighted by Crippen LogP contribution is -2.40. The van der Waals surface area contributed by atoms with E-state index in [9.17, 15) is 0 Å². The Morgan fingerprint density at radius 2 is 2.11 bits per heavy atom. The molecule has 1 aromatic carbocycles. The highest BCUT2D eigenvalue weighted by Crippen LogP contribution is 2.41. The molecule has 19 heavy (non-hydrogen) atoms. The van der Waals surface area contributed by atoms with Crippen molar-refractivity contribution in [1.29, 1.82) is 0 Å². The Hall–Kier alpha value is -1.20. The smallest absolute Gasteiger partial charge is 0.147 e. The number of rotatable bonds is 2. The van der Waals surface area contributed by atoms with Crippen LogP contribution in [-0.2, 0) is 0 Å². The van der Waals surface area contributed by atoms with E-state index < -0.39 is 0 Å². The highest BCUT2D eigenvalue weighted by molar-refractivity contribution is 7.99. The van der Waals surface area contributed by atoms with Gasteiger partial charge in [0.15, 0.2) is 0 Å². The van der Waals surface area contributed by atoms with Gasteiger partial charge < -0.3 is 10.6 Å². The molecule has 0 bridgehead atoms. The zero-order chi connectivity index (χ0) is 13.2. The summed E-state index contributed by atoms with van der Waals surface area (Å²) in [6.07, 6.45) is 0. The fraction of sp³-hybridized carbons (Fsp3) is 0.357. The first kappa shape index (κ1) is 12.8. The Morgan fingerprint density at radius 1 is 1.32 bits per heavy atom. The van der Waals surface area contributed by atoms with Crippen LogP contribution >= 0.6 is 23.3 Å². The third kappa shape index (κ3) is 2.44. The molecule has 3 nitrogen and oxygen atoms in total. The average molecular weight is 291 g/mol. The highest BCUT2D eigenvalue weighted by atomic mass is 32.2. The Morgan fingerprint density at radius 3 is 2.84 bits per heavy atom. The van der Waals surface area contributed by atoms with Gasteiger partial charge in [-0.15, -0.1) is 0 Å². The molecule has 0 spiro atoms. The minimum Gasteiger partial charge on any atom is -0.382 e. The SMILES string of the molecule is CC1CSCCN1c1snc(N)c1-c1ccccc1. The van der Waals surface area contributed by atoms with Crippen molar-refractivity contribution in [2.24, 2.45) is 0 Å². The molecule has 2 N–H and O–H groups in total. The van der Waals surface area contributed by atoms with Crippen molar-refractivity contribution in [2.45, 2.75) is 13.0 Å². The number of nitrogens with two attached hydrogens (primary N) is 1. The van der Waals surface area contributed by atoms with E-state index in [1.165, 1.54) is 28.0 Å². The number of hydrogen-bond donors (Lipinski definition) is 1. The first-order chi connectivity index (χ1) is 9.27. The van der Waals surface area contributed by atoms with E-state index in [1.807, 2.05) is 30.0 Å². The number of benzene rings is 1. The topological polar surface area (TPSA) is 42.2 Å². The number of nitrogens with zero attached hydrogens (tertiary/aromatic N) is 2. The summed E-state index contributed by atoms with van der Waals surface area (Å²) in [6.45, 7) is 3.35. The van der Waals surface area contributed by atoms with Crippen molar-refractivity contribution in [3.05, 3.63) is 30.3 Å². The molecule has 5 heteroatoms. The van der Waals surface area contributed by atoms with Crippen molar-refractivity contribution in [1.82, 2.24) is 4.37 Å². The fourth-order valence-corrected chi connectivity index (χ4v) is 4.37. The van der Waals surface area contributed by atoms with Crippen molar-refractivity contribution in [2.75, 3.05) is 28.7 Å². The predicted molar refractivity (Wildman–Crippen MR) is 86.1 cm³/mol. The van der Waals surface area contributed by atoms with E-state index in [0.717, 1.165) is 17.7 Å². The van der Waals surface area contributed by atoms with Gasteiger partial charge in [-0.2, -0.15) is 16.1 Å². The molecule has 1 aromatic heterocycles. The molecule has 1 saturated heterocycles. The first-order valence-corrected chi connectivity index (χ1v) is 8.35. The molecule has 0 saturated carbocycles. The molecule has 1 aliphatic heterocycles. The van der Waals surface area contributed by atoms with Gasteiger partial charge in [0.2, 0.25) is 0 Å². The summed E-state index contributed by atoms with van der Waals surface area (Å²) < 4.78 is 4.37. The van der Waals surface area contributed by atoms with Crippen LogP contribution in [0.1, 0.15) is 6.92 Å². The van der Waals surface area contributed by atoms with Gasteiger partial charge in [0, 0.05) is 24.1 Å². The fourth-order valence-electron chi connectivity index (χ4n) is 2.39. The lowest BCUT2D eigenvalue weighted by molar-refractivity contribution is 0.706. The summed E-state index contributed by atoms with van der Waals surface area (Å²) >= 11 is 3.54. The van der Waals surface area contributed by atoms with Crippen LogP contribution in [0.2, 0.25) is 0 Å². The Labute approximate surface area is 122 Å². The normalized spacial score (nSPS) is 19.6. The van der Waals surface area contributed by atoms with Crippen LogP contribution in [-0.4, -0.2) is 28.5 Å². The molecular formula is C14H17N3S2. The molecule has 0 aliphatic carbocycles. The van der Waals surface area contributed by atoms with Crippen LogP contribution in [0, 0.1) is 0 Å². The van der Waals surface area contributed by atoms with Crippen molar-refractivity contribution < 1.29 is 0 Å². The molecule has 1 unspecified atom stereocenters. The Bertz CT molecular complexity index is 553. The van der Waals surface area contributed by atoms with Gasteiger partial charge in [-0.05, 0) is 24.0 Å². The van der Waals surface area contributed by atoms with Crippen molar-refractivity contribution in [3.63, 3.8) is 0 Å². The number of nitrogen functional groups attached to an aromatic ring is 1. The van der Waals surface area contributed by atoms with E-state index in [-0.39, 0.29) is 0 Å². The maximum atomic E-state index is 6.09. The molecule has 100 valence electrons. The van der Waals surface area contributed by atoms with Gasteiger partial charge in [0.1, 0.15) is 10.8 Å². The summed E-state index contributed by atoms with van der Waals surface area (Å²) in [4.78, 5) is 2.45. The van der Waals surface area contributed by atoms with Gasteiger partial charge in [0.05, 0.1) is 5.56 Å². The quantitative estimate of drug-likeness (QED) is 0.921. The summed E-state index contributed by atoms with van der Waals surface area (Å²) in [5.74, 6) is 3.00. The minimum absolute atomic E-state index is 0.543. The summed E-state index contributed by atoms with van der Waals surface area (Å²) in [7, 11) is 0. The third-order valence-corrected chi connectivity index (χ3v) is 5.48. The maximum absolute atomic E-state index is 6.09. The van der Waals surface area contributed by atoms with Crippen molar-refractivity contribution >= 4 is 34.1 Å². The monoisotopic (exact) mass is 291 g/mol. The molecular weight excluding hydrogens is 274 g/mol. The zero-order valence-electron chi connectivity index (χ0n) is 10.9. The second-order valence-corrected chi connectivity index (χ2v) is 6.63. The number of aromatic nitrogens is 1. The standard InChI is InChI=1S/C14H17N3S2/c1-10-9-18-8-7-17(10)14-12(13(15)16-19-14)11-5-3-2-4-6-11/h2-6,10H,7-9H2,1H3,(H2,15,16). The highest BCUT2D eigenvalue weighted by Gasteiger charge is 2.25. The minimum atomic E-state index is 0.543. The van der Waals surface area contributed by atoms with Gasteiger partial charge >= 0.3 is 0 Å². The second-order valence-electron chi connectivity index (χ2n) is 4.73. The van der Waals surface area contributed by atoms with Crippen molar-refractivity contribution in [3.8, 4) is 11.1 Å². The lowest BCUT2D eigenvalue weighted by atomic mass is 10.1. The first-order valence-electron chi connectivity index (χ1n) is 6.42. The Kier molecular flexibility index (Phi) is 3.66. The largest absolute Gasteiger partial charge is 0.382 e. The van der Waals surface area contributed by atoms with Crippen LogP contribution in [0.3, 0.4) is 0 Å². The second kappa shape index (κ2) is 5.43. The molecule has 1 atom stereocenters. The van der Waals surface area contributed by atoms with Gasteiger partial charge in [-0.3, -0.25) is 0 Å². The summed E-state index contributed by atoms with van der Waals surface area (Å²) in [5, 5.41) is 1.22. The Balaban J connectivity index is 2.03. The van der Waals surface area contributed by atoms with Gasteiger partial charge in [-0.1, -0.05) is 30.3 Å². The van der Waals surface area contributed by atoms with Crippen LogP contribution in [0.4, 0.5) is 10.8 Å². The average Bonchev–Trinajstić information content (AvgIpc) is 2.82. The number of thioether (sulfide) groups is 1. The van der Waals surface area contributed by atoms with E-state index in [1.54, 1.807) is 0 Å². The van der Waals surface area contributed by atoms with Crippen LogP contribution < -0.4 is 10.6 Å².